The van der Waals surface area contributed by atoms with Crippen LogP contribution in [0.25, 0.3) is 0 Å². The van der Waals surface area contributed by atoms with Gasteiger partial charge in [-0.25, -0.2) is 0 Å². The van der Waals surface area contributed by atoms with Crippen molar-refractivity contribution in [2.24, 2.45) is 5.92 Å². The molecule has 88 valence electrons. The lowest BCUT2D eigenvalue weighted by Crippen LogP contribution is -2.27. The number of anilines is 1. The number of pyridine rings is 1. The van der Waals surface area contributed by atoms with Crippen LogP contribution >= 0.6 is 0 Å². The van der Waals surface area contributed by atoms with Gasteiger partial charge in [0.1, 0.15) is 0 Å². The summed E-state index contributed by atoms with van der Waals surface area (Å²) in [5.74, 6) is 0.778. The molecule has 2 rings (SSSR count). The molecule has 0 amide bonds. The third-order valence-corrected chi connectivity index (χ3v) is 3.10. The Kier molecular flexibility index (Phi) is 3.44. The highest BCUT2D eigenvalue weighted by Gasteiger charge is 2.31. The Morgan fingerprint density at radius 3 is 2.75 bits per heavy atom. The summed E-state index contributed by atoms with van der Waals surface area (Å²) in [5, 5.41) is 3.55. The van der Waals surface area contributed by atoms with Crippen LogP contribution in [0.2, 0.25) is 0 Å². The predicted molar refractivity (Wildman–Crippen MR) is 65.7 cm³/mol. The van der Waals surface area contributed by atoms with E-state index < -0.39 is 0 Å². The van der Waals surface area contributed by atoms with E-state index in [1.54, 1.807) is 7.11 Å². The van der Waals surface area contributed by atoms with Gasteiger partial charge in [-0.05, 0) is 44.7 Å². The standard InChI is InChI=1S/C13H20N2O/c1-9-4-7-12(10(2)14-9)15-13(8-16-3)11-5-6-11/h4,7,11,13,15H,5-6,8H2,1-3H3. The largest absolute Gasteiger partial charge is 0.383 e. The molecule has 1 saturated carbocycles. The van der Waals surface area contributed by atoms with Gasteiger partial charge >= 0.3 is 0 Å². The summed E-state index contributed by atoms with van der Waals surface area (Å²) < 4.78 is 5.26. The molecule has 1 unspecified atom stereocenters. The van der Waals surface area contributed by atoms with Gasteiger partial charge in [0.05, 0.1) is 24.0 Å². The monoisotopic (exact) mass is 220 g/mol. The first-order valence-electron chi connectivity index (χ1n) is 5.90. The zero-order valence-electron chi connectivity index (χ0n) is 10.3. The van der Waals surface area contributed by atoms with Crippen LogP contribution in [0.4, 0.5) is 5.69 Å². The third-order valence-electron chi connectivity index (χ3n) is 3.10. The summed E-state index contributed by atoms with van der Waals surface area (Å²) in [6.07, 6.45) is 2.64. The quantitative estimate of drug-likeness (QED) is 0.828. The zero-order chi connectivity index (χ0) is 11.5. The molecule has 0 radical (unpaired) electrons. The molecule has 0 bridgehead atoms. The van der Waals surface area contributed by atoms with E-state index in [2.05, 4.69) is 16.4 Å². The molecule has 3 nitrogen and oxygen atoms in total. The second kappa shape index (κ2) is 4.83. The van der Waals surface area contributed by atoms with Crippen LogP contribution in [0.5, 0.6) is 0 Å². The molecule has 0 aromatic carbocycles. The van der Waals surface area contributed by atoms with E-state index in [1.807, 2.05) is 19.9 Å². The lowest BCUT2D eigenvalue weighted by atomic mass is 10.1. The molecule has 1 aliphatic carbocycles. The number of nitrogens with one attached hydrogen (secondary N) is 1. The Bertz CT molecular complexity index is 361. The molecule has 0 aliphatic heterocycles. The van der Waals surface area contributed by atoms with E-state index in [0.717, 1.165) is 29.6 Å². The van der Waals surface area contributed by atoms with Crippen LogP contribution in [-0.4, -0.2) is 24.7 Å². The maximum atomic E-state index is 5.26. The number of hydrogen-bond acceptors (Lipinski definition) is 3. The van der Waals surface area contributed by atoms with Crippen molar-refractivity contribution in [2.75, 3.05) is 19.0 Å². The predicted octanol–water partition coefficient (Wildman–Crippen LogP) is 2.54. The van der Waals surface area contributed by atoms with Crippen molar-refractivity contribution in [2.45, 2.75) is 32.7 Å². The Hall–Kier alpha value is -1.09. The van der Waals surface area contributed by atoms with Crippen LogP contribution in [0, 0.1) is 19.8 Å². The first-order chi connectivity index (χ1) is 7.70. The number of methoxy groups -OCH3 is 1. The van der Waals surface area contributed by atoms with Crippen molar-refractivity contribution < 1.29 is 4.74 Å². The van der Waals surface area contributed by atoms with Crippen molar-refractivity contribution in [3.05, 3.63) is 23.5 Å². The molecule has 1 atom stereocenters. The van der Waals surface area contributed by atoms with Gasteiger partial charge in [-0.15, -0.1) is 0 Å². The number of nitrogens with zero attached hydrogens (tertiary/aromatic N) is 1. The fourth-order valence-electron chi connectivity index (χ4n) is 2.01. The number of aromatic nitrogens is 1. The molecule has 1 aromatic heterocycles. The van der Waals surface area contributed by atoms with E-state index in [0.29, 0.717) is 6.04 Å². The number of rotatable bonds is 5. The van der Waals surface area contributed by atoms with Gasteiger partial charge in [-0.2, -0.15) is 0 Å². The summed E-state index contributed by atoms with van der Waals surface area (Å²) in [7, 11) is 1.76. The van der Waals surface area contributed by atoms with Gasteiger partial charge in [0.25, 0.3) is 0 Å². The van der Waals surface area contributed by atoms with Crippen molar-refractivity contribution in [3.8, 4) is 0 Å². The van der Waals surface area contributed by atoms with Crippen molar-refractivity contribution in [1.29, 1.82) is 0 Å². The van der Waals surface area contributed by atoms with Crippen LogP contribution < -0.4 is 5.32 Å². The summed E-state index contributed by atoms with van der Waals surface area (Å²) in [4.78, 5) is 4.46. The van der Waals surface area contributed by atoms with E-state index >= 15 is 0 Å². The highest BCUT2D eigenvalue weighted by atomic mass is 16.5. The summed E-state index contributed by atoms with van der Waals surface area (Å²) in [5.41, 5.74) is 3.28. The first kappa shape index (κ1) is 11.4. The van der Waals surface area contributed by atoms with Gasteiger partial charge in [-0.1, -0.05) is 0 Å². The molecule has 0 saturated heterocycles. The Morgan fingerprint density at radius 2 is 2.19 bits per heavy atom. The Balaban J connectivity index is 2.05. The first-order valence-corrected chi connectivity index (χ1v) is 5.90. The van der Waals surface area contributed by atoms with E-state index in [1.165, 1.54) is 12.8 Å². The summed E-state index contributed by atoms with van der Waals surface area (Å²) >= 11 is 0. The molecular formula is C13H20N2O. The minimum absolute atomic E-state index is 0.438. The van der Waals surface area contributed by atoms with Crippen molar-refractivity contribution >= 4 is 5.69 Å². The van der Waals surface area contributed by atoms with Crippen molar-refractivity contribution in [3.63, 3.8) is 0 Å². The minimum atomic E-state index is 0.438. The Labute approximate surface area is 97.2 Å². The second-order valence-electron chi connectivity index (χ2n) is 4.63. The van der Waals surface area contributed by atoms with Gasteiger partial charge in [-0.3, -0.25) is 4.98 Å². The molecule has 0 spiro atoms. The average molecular weight is 220 g/mol. The van der Waals surface area contributed by atoms with Gasteiger partial charge in [0, 0.05) is 12.8 Å². The number of aryl methyl sites for hydroxylation is 2. The molecule has 1 heterocycles. The average Bonchev–Trinajstić information content (AvgIpc) is 3.04. The highest BCUT2D eigenvalue weighted by Crippen LogP contribution is 2.34. The second-order valence-corrected chi connectivity index (χ2v) is 4.63. The number of hydrogen-bond donors (Lipinski definition) is 1. The fraction of sp³-hybridized carbons (Fsp3) is 0.615. The topological polar surface area (TPSA) is 34.1 Å². The van der Waals surface area contributed by atoms with Crippen molar-refractivity contribution in [1.82, 2.24) is 4.98 Å². The van der Waals surface area contributed by atoms with Gasteiger partial charge < -0.3 is 10.1 Å². The van der Waals surface area contributed by atoms with Gasteiger partial charge in [0.15, 0.2) is 0 Å². The van der Waals surface area contributed by atoms with Crippen LogP contribution in [-0.2, 0) is 4.74 Å². The normalized spacial score (nSPS) is 17.2. The van der Waals surface area contributed by atoms with Gasteiger partial charge in [0.2, 0.25) is 0 Å². The molecule has 1 aliphatic rings. The molecule has 16 heavy (non-hydrogen) atoms. The molecule has 1 N–H and O–H groups in total. The van der Waals surface area contributed by atoms with Crippen LogP contribution in [0.3, 0.4) is 0 Å². The molecular weight excluding hydrogens is 200 g/mol. The molecule has 3 heteroatoms. The minimum Gasteiger partial charge on any atom is -0.383 e. The maximum Gasteiger partial charge on any atom is 0.0666 e. The molecule has 1 aromatic rings. The lowest BCUT2D eigenvalue weighted by molar-refractivity contribution is 0.179. The summed E-state index contributed by atoms with van der Waals surface area (Å²) in [6, 6.07) is 4.60. The zero-order valence-corrected chi connectivity index (χ0v) is 10.3. The van der Waals surface area contributed by atoms with E-state index in [9.17, 15) is 0 Å². The van der Waals surface area contributed by atoms with Crippen LogP contribution in [0.1, 0.15) is 24.2 Å². The van der Waals surface area contributed by atoms with Crippen LogP contribution in [0.15, 0.2) is 12.1 Å². The SMILES string of the molecule is COCC(Nc1ccc(C)nc1C)C1CC1. The third kappa shape index (κ3) is 2.73. The summed E-state index contributed by atoms with van der Waals surface area (Å²) in [6.45, 7) is 4.84. The van der Waals surface area contributed by atoms with E-state index in [4.69, 9.17) is 4.74 Å². The smallest absolute Gasteiger partial charge is 0.0666 e. The maximum absolute atomic E-state index is 5.26. The molecule has 1 fully saturated rings. The highest BCUT2D eigenvalue weighted by molar-refractivity contribution is 5.48. The lowest BCUT2D eigenvalue weighted by Gasteiger charge is -2.19. The fourth-order valence-corrected chi connectivity index (χ4v) is 2.01. The number of ether oxygens (including phenoxy) is 1. The van der Waals surface area contributed by atoms with E-state index in [-0.39, 0.29) is 0 Å². The Morgan fingerprint density at radius 1 is 1.44 bits per heavy atom.